The molecule has 0 bridgehead atoms. The first-order chi connectivity index (χ1) is 6.90. The Kier molecular flexibility index (Phi) is 2.38. The standard InChI is InChI=1S/C10H10N4/c11-14-9-6-7-12-10(13-9)8-4-2-1-3-5-8/h1-7H,11H2,(H,12,13,14). The van der Waals surface area contributed by atoms with E-state index in [1.165, 1.54) is 0 Å². The number of anilines is 1. The van der Waals surface area contributed by atoms with Crippen molar-refractivity contribution in [1.29, 1.82) is 0 Å². The number of benzene rings is 1. The molecule has 0 aliphatic carbocycles. The summed E-state index contributed by atoms with van der Waals surface area (Å²) in [6.07, 6.45) is 1.67. The van der Waals surface area contributed by atoms with E-state index in [1.54, 1.807) is 12.3 Å². The van der Waals surface area contributed by atoms with E-state index in [-0.39, 0.29) is 0 Å². The van der Waals surface area contributed by atoms with Gasteiger partial charge in [-0.15, -0.1) is 0 Å². The monoisotopic (exact) mass is 186 g/mol. The van der Waals surface area contributed by atoms with Crippen LogP contribution in [0.5, 0.6) is 0 Å². The molecule has 0 aliphatic heterocycles. The second-order valence-corrected chi connectivity index (χ2v) is 2.78. The Hall–Kier alpha value is -1.94. The largest absolute Gasteiger partial charge is 0.308 e. The molecule has 1 heterocycles. The van der Waals surface area contributed by atoms with Crippen LogP contribution in [0.4, 0.5) is 5.82 Å². The number of rotatable bonds is 2. The number of nitrogen functional groups attached to an aromatic ring is 1. The highest BCUT2D eigenvalue weighted by molar-refractivity contribution is 5.56. The SMILES string of the molecule is NNc1ccnc(-c2ccccc2)n1. The van der Waals surface area contributed by atoms with Gasteiger partial charge in [0.25, 0.3) is 0 Å². The fourth-order valence-electron chi connectivity index (χ4n) is 1.17. The number of nitrogens with two attached hydrogens (primary N) is 1. The molecule has 0 saturated heterocycles. The lowest BCUT2D eigenvalue weighted by Crippen LogP contribution is -2.08. The molecule has 2 rings (SSSR count). The lowest BCUT2D eigenvalue weighted by atomic mass is 10.2. The minimum atomic E-state index is 0.610. The Balaban J connectivity index is 2.42. The Labute approximate surface area is 81.8 Å². The van der Waals surface area contributed by atoms with Gasteiger partial charge in [-0.25, -0.2) is 15.8 Å². The number of hydrazine groups is 1. The van der Waals surface area contributed by atoms with Crippen LogP contribution >= 0.6 is 0 Å². The van der Waals surface area contributed by atoms with Gasteiger partial charge >= 0.3 is 0 Å². The van der Waals surface area contributed by atoms with Crippen LogP contribution in [0, 0.1) is 0 Å². The van der Waals surface area contributed by atoms with Gasteiger partial charge in [-0.2, -0.15) is 0 Å². The molecule has 3 N–H and O–H groups in total. The molecule has 0 fully saturated rings. The summed E-state index contributed by atoms with van der Waals surface area (Å²) in [6, 6.07) is 11.5. The van der Waals surface area contributed by atoms with E-state index in [1.807, 2.05) is 30.3 Å². The van der Waals surface area contributed by atoms with Crippen molar-refractivity contribution >= 4 is 5.82 Å². The third-order valence-electron chi connectivity index (χ3n) is 1.84. The first-order valence-electron chi connectivity index (χ1n) is 4.25. The second-order valence-electron chi connectivity index (χ2n) is 2.78. The van der Waals surface area contributed by atoms with Crippen LogP contribution < -0.4 is 11.3 Å². The summed E-state index contributed by atoms with van der Waals surface area (Å²) in [7, 11) is 0. The summed E-state index contributed by atoms with van der Waals surface area (Å²) in [4.78, 5) is 8.37. The number of hydrogen-bond acceptors (Lipinski definition) is 4. The van der Waals surface area contributed by atoms with Crippen molar-refractivity contribution in [2.24, 2.45) is 5.84 Å². The van der Waals surface area contributed by atoms with Gasteiger partial charge in [-0.05, 0) is 0 Å². The van der Waals surface area contributed by atoms with Gasteiger partial charge in [-0.3, -0.25) is 0 Å². The predicted octanol–water partition coefficient (Wildman–Crippen LogP) is 1.43. The Morgan fingerprint density at radius 2 is 1.86 bits per heavy atom. The van der Waals surface area contributed by atoms with Crippen molar-refractivity contribution < 1.29 is 0 Å². The van der Waals surface area contributed by atoms with Gasteiger partial charge in [0, 0.05) is 17.8 Å². The highest BCUT2D eigenvalue weighted by Crippen LogP contribution is 2.14. The van der Waals surface area contributed by atoms with Crippen LogP contribution in [0.2, 0.25) is 0 Å². The summed E-state index contributed by atoms with van der Waals surface area (Å²) >= 11 is 0. The molecular weight excluding hydrogens is 176 g/mol. The third kappa shape index (κ3) is 1.70. The van der Waals surface area contributed by atoms with E-state index in [0.717, 1.165) is 5.56 Å². The van der Waals surface area contributed by atoms with Crippen LogP contribution in [0.1, 0.15) is 0 Å². The maximum Gasteiger partial charge on any atom is 0.161 e. The molecule has 0 saturated carbocycles. The molecule has 1 aromatic heterocycles. The lowest BCUT2D eigenvalue weighted by molar-refractivity contribution is 1.15. The molecule has 0 radical (unpaired) electrons. The predicted molar refractivity (Wildman–Crippen MR) is 55.3 cm³/mol. The van der Waals surface area contributed by atoms with Crippen LogP contribution in [-0.4, -0.2) is 9.97 Å². The van der Waals surface area contributed by atoms with Crippen LogP contribution in [-0.2, 0) is 0 Å². The first kappa shape index (κ1) is 8.65. The number of aromatic nitrogens is 2. The van der Waals surface area contributed by atoms with E-state index < -0.39 is 0 Å². The van der Waals surface area contributed by atoms with E-state index in [4.69, 9.17) is 5.84 Å². The summed E-state index contributed by atoms with van der Waals surface area (Å²) in [5.74, 6) is 6.53. The highest BCUT2D eigenvalue weighted by Gasteiger charge is 1.99. The molecule has 0 aliphatic rings. The van der Waals surface area contributed by atoms with Gasteiger partial charge in [0.05, 0.1) is 0 Å². The Morgan fingerprint density at radius 1 is 1.07 bits per heavy atom. The number of nitrogens with zero attached hydrogens (tertiary/aromatic N) is 2. The zero-order chi connectivity index (χ0) is 9.80. The van der Waals surface area contributed by atoms with Crippen LogP contribution in [0.25, 0.3) is 11.4 Å². The Morgan fingerprint density at radius 3 is 2.57 bits per heavy atom. The molecule has 4 heteroatoms. The summed E-state index contributed by atoms with van der Waals surface area (Å²) < 4.78 is 0. The number of nitrogens with one attached hydrogen (secondary N) is 1. The summed E-state index contributed by atoms with van der Waals surface area (Å²) in [6.45, 7) is 0. The van der Waals surface area contributed by atoms with Gasteiger partial charge in [0.1, 0.15) is 5.82 Å². The maximum absolute atomic E-state index is 5.26. The summed E-state index contributed by atoms with van der Waals surface area (Å²) in [5, 5.41) is 0. The molecule has 0 amide bonds. The molecule has 14 heavy (non-hydrogen) atoms. The lowest BCUT2D eigenvalue weighted by Gasteiger charge is -2.01. The fourth-order valence-corrected chi connectivity index (χ4v) is 1.17. The van der Waals surface area contributed by atoms with Crippen LogP contribution in [0.3, 0.4) is 0 Å². The van der Waals surface area contributed by atoms with E-state index in [2.05, 4.69) is 15.4 Å². The molecule has 70 valence electrons. The van der Waals surface area contributed by atoms with Crippen molar-refractivity contribution in [2.75, 3.05) is 5.43 Å². The van der Waals surface area contributed by atoms with Gasteiger partial charge in [0.2, 0.25) is 0 Å². The first-order valence-corrected chi connectivity index (χ1v) is 4.25. The quantitative estimate of drug-likeness (QED) is 0.550. The van der Waals surface area contributed by atoms with Gasteiger partial charge in [0.15, 0.2) is 5.82 Å². The normalized spacial score (nSPS) is 9.79. The minimum absolute atomic E-state index is 0.610. The molecule has 1 aromatic carbocycles. The molecule has 0 unspecified atom stereocenters. The number of hydrogen-bond donors (Lipinski definition) is 2. The molecule has 4 nitrogen and oxygen atoms in total. The third-order valence-corrected chi connectivity index (χ3v) is 1.84. The molecular formula is C10H10N4. The van der Waals surface area contributed by atoms with E-state index >= 15 is 0 Å². The smallest absolute Gasteiger partial charge is 0.161 e. The average molecular weight is 186 g/mol. The molecule has 0 spiro atoms. The second kappa shape index (κ2) is 3.85. The minimum Gasteiger partial charge on any atom is -0.308 e. The molecule has 2 aromatic rings. The van der Waals surface area contributed by atoms with Gasteiger partial charge in [-0.1, -0.05) is 30.3 Å². The van der Waals surface area contributed by atoms with E-state index in [9.17, 15) is 0 Å². The summed E-state index contributed by atoms with van der Waals surface area (Å²) in [5.41, 5.74) is 3.46. The van der Waals surface area contributed by atoms with Crippen molar-refractivity contribution in [2.45, 2.75) is 0 Å². The maximum atomic E-state index is 5.26. The van der Waals surface area contributed by atoms with Crippen LogP contribution in [0.15, 0.2) is 42.6 Å². The zero-order valence-corrected chi connectivity index (χ0v) is 7.51. The average Bonchev–Trinajstić information content (AvgIpc) is 2.30. The zero-order valence-electron chi connectivity index (χ0n) is 7.51. The van der Waals surface area contributed by atoms with Crippen molar-refractivity contribution in [3.8, 4) is 11.4 Å². The topological polar surface area (TPSA) is 63.8 Å². The van der Waals surface area contributed by atoms with Crippen molar-refractivity contribution in [3.05, 3.63) is 42.6 Å². The van der Waals surface area contributed by atoms with E-state index in [0.29, 0.717) is 11.6 Å². The molecule has 0 atom stereocenters. The Bertz CT molecular complexity index is 413. The van der Waals surface area contributed by atoms with Gasteiger partial charge < -0.3 is 5.43 Å². The van der Waals surface area contributed by atoms with Crippen molar-refractivity contribution in [1.82, 2.24) is 9.97 Å². The fraction of sp³-hybridized carbons (Fsp3) is 0. The highest BCUT2D eigenvalue weighted by atomic mass is 15.3. The van der Waals surface area contributed by atoms with Crippen molar-refractivity contribution in [3.63, 3.8) is 0 Å².